The minimum absolute atomic E-state index is 0.635. The molecule has 0 unspecified atom stereocenters. The molecule has 15 heavy (non-hydrogen) atoms. The summed E-state index contributed by atoms with van der Waals surface area (Å²) in [6.07, 6.45) is 2.06. The standard InChI is InChI=1S/C11H15N3S/c1-3-4-9-10(13-14-11(9)12)8-5-7(2)15-6-8/h5-6H,3-4H2,1-2H3,(H3,12,13,14). The van der Waals surface area contributed by atoms with Crippen molar-refractivity contribution in [1.82, 2.24) is 10.2 Å². The van der Waals surface area contributed by atoms with Gasteiger partial charge in [-0.2, -0.15) is 5.10 Å². The smallest absolute Gasteiger partial charge is 0.149 e. The zero-order valence-electron chi connectivity index (χ0n) is 9.00. The maximum atomic E-state index is 5.83. The number of nitrogens with zero attached hydrogens (tertiary/aromatic N) is 1. The Hall–Kier alpha value is -1.29. The van der Waals surface area contributed by atoms with Gasteiger partial charge >= 0.3 is 0 Å². The van der Waals surface area contributed by atoms with Crippen LogP contribution in [0.1, 0.15) is 23.8 Å². The lowest BCUT2D eigenvalue weighted by molar-refractivity contribution is 0.927. The highest BCUT2D eigenvalue weighted by Gasteiger charge is 2.12. The van der Waals surface area contributed by atoms with Crippen molar-refractivity contribution in [2.75, 3.05) is 5.73 Å². The van der Waals surface area contributed by atoms with Gasteiger partial charge in [0.15, 0.2) is 0 Å². The predicted octanol–water partition coefficient (Wildman–Crippen LogP) is 2.98. The van der Waals surface area contributed by atoms with E-state index in [-0.39, 0.29) is 0 Å². The van der Waals surface area contributed by atoms with Gasteiger partial charge in [-0.25, -0.2) is 0 Å². The van der Waals surface area contributed by atoms with E-state index in [1.165, 1.54) is 10.4 Å². The molecule has 0 saturated heterocycles. The first kappa shape index (κ1) is 10.2. The van der Waals surface area contributed by atoms with Crippen LogP contribution >= 0.6 is 11.3 Å². The number of H-pyrrole nitrogens is 1. The molecule has 2 aromatic rings. The summed E-state index contributed by atoms with van der Waals surface area (Å²) in [4.78, 5) is 1.31. The summed E-state index contributed by atoms with van der Waals surface area (Å²) < 4.78 is 0. The van der Waals surface area contributed by atoms with Crippen LogP contribution in [0.4, 0.5) is 5.82 Å². The molecule has 0 aromatic carbocycles. The van der Waals surface area contributed by atoms with Crippen LogP contribution in [0.3, 0.4) is 0 Å². The largest absolute Gasteiger partial charge is 0.382 e. The summed E-state index contributed by atoms with van der Waals surface area (Å²) in [5.74, 6) is 0.635. The normalized spacial score (nSPS) is 10.8. The van der Waals surface area contributed by atoms with Crippen molar-refractivity contribution in [2.24, 2.45) is 0 Å². The van der Waals surface area contributed by atoms with E-state index < -0.39 is 0 Å². The molecule has 2 aromatic heterocycles. The third-order valence-corrected chi connectivity index (χ3v) is 3.28. The molecular weight excluding hydrogens is 206 g/mol. The second-order valence-corrected chi connectivity index (χ2v) is 4.77. The fourth-order valence-electron chi connectivity index (χ4n) is 1.70. The molecule has 2 rings (SSSR count). The number of rotatable bonds is 3. The molecule has 3 nitrogen and oxygen atoms in total. The number of aromatic nitrogens is 2. The lowest BCUT2D eigenvalue weighted by Gasteiger charge is -1.99. The average molecular weight is 221 g/mol. The summed E-state index contributed by atoms with van der Waals surface area (Å²) in [6, 6.07) is 2.16. The minimum Gasteiger partial charge on any atom is -0.382 e. The molecule has 0 fully saturated rings. The third-order valence-electron chi connectivity index (χ3n) is 2.42. The number of hydrogen-bond acceptors (Lipinski definition) is 3. The molecule has 0 aliphatic heterocycles. The molecule has 3 N–H and O–H groups in total. The van der Waals surface area contributed by atoms with Gasteiger partial charge in [0.1, 0.15) is 5.82 Å². The van der Waals surface area contributed by atoms with Crippen LogP contribution in [0.15, 0.2) is 11.4 Å². The van der Waals surface area contributed by atoms with Crippen molar-refractivity contribution >= 4 is 17.2 Å². The molecule has 2 heterocycles. The molecular formula is C11H15N3S. The second-order valence-electron chi connectivity index (χ2n) is 3.66. The van der Waals surface area contributed by atoms with E-state index in [0.717, 1.165) is 24.1 Å². The summed E-state index contributed by atoms with van der Waals surface area (Å²) >= 11 is 1.75. The van der Waals surface area contributed by atoms with Gasteiger partial charge in [-0.3, -0.25) is 5.10 Å². The highest BCUT2D eigenvalue weighted by Crippen LogP contribution is 2.29. The lowest BCUT2D eigenvalue weighted by Crippen LogP contribution is -1.92. The molecule has 0 amide bonds. The fraction of sp³-hybridized carbons (Fsp3) is 0.364. The van der Waals surface area contributed by atoms with E-state index >= 15 is 0 Å². The van der Waals surface area contributed by atoms with Crippen LogP contribution in [-0.4, -0.2) is 10.2 Å². The second kappa shape index (κ2) is 4.06. The van der Waals surface area contributed by atoms with Crippen LogP contribution < -0.4 is 5.73 Å². The van der Waals surface area contributed by atoms with E-state index in [0.29, 0.717) is 5.82 Å². The van der Waals surface area contributed by atoms with Gasteiger partial charge in [0.25, 0.3) is 0 Å². The van der Waals surface area contributed by atoms with Crippen LogP contribution in [0.25, 0.3) is 11.3 Å². The van der Waals surface area contributed by atoms with Crippen LogP contribution in [0, 0.1) is 6.92 Å². The third kappa shape index (κ3) is 1.90. The van der Waals surface area contributed by atoms with Crippen LogP contribution in [0.5, 0.6) is 0 Å². The van der Waals surface area contributed by atoms with Gasteiger partial charge < -0.3 is 5.73 Å². The summed E-state index contributed by atoms with van der Waals surface area (Å²) in [7, 11) is 0. The molecule has 4 heteroatoms. The van der Waals surface area contributed by atoms with Gasteiger partial charge in [0.05, 0.1) is 5.69 Å². The Labute approximate surface area is 93.3 Å². The van der Waals surface area contributed by atoms with Crippen molar-refractivity contribution in [3.8, 4) is 11.3 Å². The molecule has 0 aliphatic rings. The number of nitrogen functional groups attached to an aromatic ring is 1. The Morgan fingerprint density at radius 2 is 2.33 bits per heavy atom. The minimum atomic E-state index is 0.635. The quantitative estimate of drug-likeness (QED) is 0.837. The first-order chi connectivity index (χ1) is 7.22. The van der Waals surface area contributed by atoms with E-state index in [1.54, 1.807) is 11.3 Å². The van der Waals surface area contributed by atoms with Gasteiger partial charge in [-0.15, -0.1) is 11.3 Å². The Kier molecular flexibility index (Phi) is 2.77. The maximum absolute atomic E-state index is 5.83. The summed E-state index contributed by atoms with van der Waals surface area (Å²) in [6.45, 7) is 4.25. The van der Waals surface area contributed by atoms with E-state index in [1.807, 2.05) is 0 Å². The topological polar surface area (TPSA) is 54.7 Å². The lowest BCUT2D eigenvalue weighted by atomic mass is 10.1. The van der Waals surface area contributed by atoms with Crippen molar-refractivity contribution in [2.45, 2.75) is 26.7 Å². The Morgan fingerprint density at radius 1 is 1.53 bits per heavy atom. The first-order valence-electron chi connectivity index (χ1n) is 5.10. The van der Waals surface area contributed by atoms with Crippen molar-refractivity contribution in [3.05, 3.63) is 21.9 Å². The number of nitrogens with one attached hydrogen (secondary N) is 1. The number of nitrogens with two attached hydrogens (primary N) is 1. The highest BCUT2D eigenvalue weighted by atomic mass is 32.1. The van der Waals surface area contributed by atoms with E-state index in [2.05, 4.69) is 35.5 Å². The Morgan fingerprint density at radius 3 is 2.93 bits per heavy atom. The van der Waals surface area contributed by atoms with Gasteiger partial charge in [0, 0.05) is 21.4 Å². The monoisotopic (exact) mass is 221 g/mol. The molecule has 80 valence electrons. The molecule has 0 saturated carbocycles. The van der Waals surface area contributed by atoms with Crippen LogP contribution in [-0.2, 0) is 6.42 Å². The van der Waals surface area contributed by atoms with E-state index in [4.69, 9.17) is 5.73 Å². The maximum Gasteiger partial charge on any atom is 0.149 e. The number of aromatic amines is 1. The van der Waals surface area contributed by atoms with Crippen molar-refractivity contribution < 1.29 is 0 Å². The highest BCUT2D eigenvalue weighted by molar-refractivity contribution is 7.10. The first-order valence-corrected chi connectivity index (χ1v) is 5.98. The average Bonchev–Trinajstić information content (AvgIpc) is 2.76. The van der Waals surface area contributed by atoms with Gasteiger partial charge in [-0.1, -0.05) is 13.3 Å². The van der Waals surface area contributed by atoms with Gasteiger partial charge in [0.2, 0.25) is 0 Å². The number of anilines is 1. The number of thiophene rings is 1. The molecule has 0 spiro atoms. The summed E-state index contributed by atoms with van der Waals surface area (Å²) in [5.41, 5.74) is 9.26. The predicted molar refractivity (Wildman–Crippen MR) is 65.0 cm³/mol. The molecule has 0 radical (unpaired) electrons. The molecule has 0 bridgehead atoms. The Bertz CT molecular complexity index is 456. The van der Waals surface area contributed by atoms with Gasteiger partial charge in [-0.05, 0) is 19.4 Å². The zero-order valence-corrected chi connectivity index (χ0v) is 9.82. The van der Waals surface area contributed by atoms with Crippen molar-refractivity contribution in [3.63, 3.8) is 0 Å². The Balaban J connectivity index is 2.43. The van der Waals surface area contributed by atoms with Crippen molar-refractivity contribution in [1.29, 1.82) is 0 Å². The number of aryl methyl sites for hydroxylation is 1. The number of hydrogen-bond donors (Lipinski definition) is 2. The zero-order chi connectivity index (χ0) is 10.8. The van der Waals surface area contributed by atoms with E-state index in [9.17, 15) is 0 Å². The fourth-order valence-corrected chi connectivity index (χ4v) is 2.39. The molecule has 0 atom stereocenters. The SMILES string of the molecule is CCCc1c(N)n[nH]c1-c1csc(C)c1. The summed E-state index contributed by atoms with van der Waals surface area (Å²) in [5, 5.41) is 9.24. The van der Waals surface area contributed by atoms with Crippen LogP contribution in [0.2, 0.25) is 0 Å². The molecule has 0 aliphatic carbocycles.